The molecule has 0 heterocycles. The average molecular weight is 542 g/mol. The van der Waals surface area contributed by atoms with Gasteiger partial charge in [0.25, 0.3) is 0 Å². The summed E-state index contributed by atoms with van der Waals surface area (Å²) in [7, 11) is 0. The standard InChI is InChI=1S/C32H51N3O4/c1-9-12-14-15-16-22-35(30(37)27(23-24(4)5)34-31(38)39-32(6,7)8)28(29(36)33-21-13-10-2)26-19-17-25(11-3)18-20-26/h3,17-20,24,27-28H,9-10,12-16,21-23H2,1-2,4-8H3,(H,33,36)(H,34,38). The highest BCUT2D eigenvalue weighted by molar-refractivity contribution is 5.92. The summed E-state index contributed by atoms with van der Waals surface area (Å²) in [6.07, 6.45) is 12.1. The van der Waals surface area contributed by atoms with Gasteiger partial charge in [0.2, 0.25) is 11.8 Å². The van der Waals surface area contributed by atoms with E-state index in [1.807, 2.05) is 26.0 Å². The number of rotatable bonds is 16. The number of alkyl carbamates (subject to hydrolysis) is 1. The van der Waals surface area contributed by atoms with Gasteiger partial charge in [0.1, 0.15) is 17.7 Å². The second kappa shape index (κ2) is 17.6. The lowest BCUT2D eigenvalue weighted by molar-refractivity contribution is -0.143. The van der Waals surface area contributed by atoms with Crippen molar-refractivity contribution in [3.63, 3.8) is 0 Å². The number of benzene rings is 1. The quantitative estimate of drug-likeness (QED) is 0.188. The largest absolute Gasteiger partial charge is 0.444 e. The van der Waals surface area contributed by atoms with E-state index in [4.69, 9.17) is 11.2 Å². The molecule has 218 valence electrons. The van der Waals surface area contributed by atoms with E-state index in [-0.39, 0.29) is 17.7 Å². The average Bonchev–Trinajstić information content (AvgIpc) is 2.86. The van der Waals surface area contributed by atoms with Gasteiger partial charge in [-0.05, 0) is 63.6 Å². The summed E-state index contributed by atoms with van der Waals surface area (Å²) in [5.41, 5.74) is 0.686. The van der Waals surface area contributed by atoms with Gasteiger partial charge < -0.3 is 20.3 Å². The molecule has 3 amide bonds. The van der Waals surface area contributed by atoms with Crippen molar-refractivity contribution >= 4 is 17.9 Å². The van der Waals surface area contributed by atoms with E-state index in [2.05, 4.69) is 30.4 Å². The molecule has 1 aromatic carbocycles. The van der Waals surface area contributed by atoms with Crippen molar-refractivity contribution in [3.8, 4) is 12.3 Å². The lowest BCUT2D eigenvalue weighted by atomic mass is 9.98. The normalized spacial score (nSPS) is 12.8. The van der Waals surface area contributed by atoms with Crippen LogP contribution in [0.1, 0.15) is 117 Å². The molecule has 0 aromatic heterocycles. The molecule has 0 fully saturated rings. The first-order valence-electron chi connectivity index (χ1n) is 14.6. The Balaban J connectivity index is 3.46. The van der Waals surface area contributed by atoms with Crippen molar-refractivity contribution < 1.29 is 19.1 Å². The van der Waals surface area contributed by atoms with Crippen molar-refractivity contribution in [1.29, 1.82) is 0 Å². The van der Waals surface area contributed by atoms with Crippen LogP contribution in [0.4, 0.5) is 4.79 Å². The number of hydrogen-bond donors (Lipinski definition) is 2. The minimum absolute atomic E-state index is 0.132. The van der Waals surface area contributed by atoms with Crippen LogP contribution in [0, 0.1) is 18.3 Å². The fraction of sp³-hybridized carbons (Fsp3) is 0.656. The van der Waals surface area contributed by atoms with Crippen molar-refractivity contribution in [2.24, 2.45) is 5.92 Å². The van der Waals surface area contributed by atoms with Crippen molar-refractivity contribution in [3.05, 3.63) is 35.4 Å². The van der Waals surface area contributed by atoms with E-state index in [1.54, 1.807) is 37.8 Å². The van der Waals surface area contributed by atoms with Gasteiger partial charge in [0.05, 0.1) is 0 Å². The highest BCUT2D eigenvalue weighted by Gasteiger charge is 2.36. The molecule has 0 aliphatic heterocycles. The second-order valence-corrected chi connectivity index (χ2v) is 11.6. The topological polar surface area (TPSA) is 87.7 Å². The van der Waals surface area contributed by atoms with Crippen LogP contribution in [0.3, 0.4) is 0 Å². The summed E-state index contributed by atoms with van der Waals surface area (Å²) >= 11 is 0. The predicted octanol–water partition coefficient (Wildman–Crippen LogP) is 6.36. The first-order valence-corrected chi connectivity index (χ1v) is 14.6. The second-order valence-electron chi connectivity index (χ2n) is 11.6. The first kappa shape index (κ1) is 34.0. The van der Waals surface area contributed by atoms with Crippen LogP contribution in [-0.2, 0) is 14.3 Å². The van der Waals surface area contributed by atoms with E-state index in [0.29, 0.717) is 30.6 Å². The van der Waals surface area contributed by atoms with E-state index in [9.17, 15) is 14.4 Å². The molecular weight excluding hydrogens is 490 g/mol. The monoisotopic (exact) mass is 541 g/mol. The summed E-state index contributed by atoms with van der Waals surface area (Å²) < 4.78 is 5.47. The highest BCUT2D eigenvalue weighted by Crippen LogP contribution is 2.25. The molecule has 0 aliphatic carbocycles. The van der Waals surface area contributed by atoms with Crippen molar-refractivity contribution in [2.75, 3.05) is 13.1 Å². The molecular formula is C32H51N3O4. The molecule has 0 saturated carbocycles. The minimum atomic E-state index is -0.845. The molecule has 0 aliphatic rings. The molecule has 0 bridgehead atoms. The zero-order valence-corrected chi connectivity index (χ0v) is 25.3. The third-order valence-corrected chi connectivity index (χ3v) is 6.26. The number of nitrogens with one attached hydrogen (secondary N) is 2. The van der Waals surface area contributed by atoms with E-state index >= 15 is 0 Å². The number of carbonyl (C=O) groups is 3. The maximum absolute atomic E-state index is 14.2. The van der Waals surface area contributed by atoms with Gasteiger partial charge >= 0.3 is 6.09 Å². The number of terminal acetylenes is 1. The smallest absolute Gasteiger partial charge is 0.408 e. The Kier molecular flexibility index (Phi) is 15.3. The van der Waals surface area contributed by atoms with Crippen molar-refractivity contribution in [2.45, 2.75) is 118 Å². The van der Waals surface area contributed by atoms with E-state index in [0.717, 1.165) is 44.9 Å². The highest BCUT2D eigenvalue weighted by atomic mass is 16.6. The molecule has 0 saturated heterocycles. The molecule has 2 unspecified atom stereocenters. The van der Waals surface area contributed by atoms with Gasteiger partial charge in [-0.15, -0.1) is 6.42 Å². The lowest BCUT2D eigenvalue weighted by Gasteiger charge is -2.35. The van der Waals surface area contributed by atoms with Gasteiger partial charge in [0.15, 0.2) is 0 Å². The molecule has 2 atom stereocenters. The number of amides is 3. The Morgan fingerprint density at radius 3 is 2.13 bits per heavy atom. The molecule has 7 nitrogen and oxygen atoms in total. The summed E-state index contributed by atoms with van der Waals surface area (Å²) in [5.74, 6) is 2.21. The number of hydrogen-bond acceptors (Lipinski definition) is 4. The van der Waals surface area contributed by atoms with Gasteiger partial charge in [-0.3, -0.25) is 9.59 Å². The van der Waals surface area contributed by atoms with Crippen LogP contribution in [-0.4, -0.2) is 47.5 Å². The Hall–Kier alpha value is -3.01. The lowest BCUT2D eigenvalue weighted by Crippen LogP contribution is -2.53. The van der Waals surface area contributed by atoms with Gasteiger partial charge in [0, 0.05) is 18.7 Å². The van der Waals surface area contributed by atoms with Gasteiger partial charge in [-0.25, -0.2) is 4.79 Å². The molecule has 0 spiro atoms. The van der Waals surface area contributed by atoms with Crippen LogP contribution >= 0.6 is 0 Å². The summed E-state index contributed by atoms with van der Waals surface area (Å²) in [6.45, 7) is 14.5. The van der Waals surface area contributed by atoms with Gasteiger partial charge in [-0.1, -0.05) is 77.9 Å². The van der Waals surface area contributed by atoms with E-state index < -0.39 is 23.8 Å². The number of carbonyl (C=O) groups excluding carboxylic acids is 3. The fourth-order valence-electron chi connectivity index (χ4n) is 4.31. The molecule has 39 heavy (non-hydrogen) atoms. The molecule has 1 aromatic rings. The number of nitrogens with zero attached hydrogens (tertiary/aromatic N) is 1. The van der Waals surface area contributed by atoms with E-state index in [1.165, 1.54) is 0 Å². The third-order valence-electron chi connectivity index (χ3n) is 6.26. The fourth-order valence-corrected chi connectivity index (χ4v) is 4.31. The minimum Gasteiger partial charge on any atom is -0.444 e. The maximum atomic E-state index is 14.2. The van der Waals surface area contributed by atoms with Crippen LogP contribution in [0.2, 0.25) is 0 Å². The Morgan fingerprint density at radius 2 is 1.59 bits per heavy atom. The SMILES string of the molecule is C#Cc1ccc(C(C(=O)NCCCC)N(CCCCCCC)C(=O)C(CC(C)C)NC(=O)OC(C)(C)C)cc1. The van der Waals surface area contributed by atoms with Gasteiger partial charge in [-0.2, -0.15) is 0 Å². The van der Waals surface area contributed by atoms with Crippen LogP contribution in [0.5, 0.6) is 0 Å². The van der Waals surface area contributed by atoms with Crippen molar-refractivity contribution in [1.82, 2.24) is 15.5 Å². The maximum Gasteiger partial charge on any atom is 0.408 e. The summed E-state index contributed by atoms with van der Waals surface area (Å²) in [6, 6.07) is 5.53. The van der Waals surface area contributed by atoms with Crippen LogP contribution in [0.15, 0.2) is 24.3 Å². The molecule has 7 heteroatoms. The Labute approximate surface area is 236 Å². The molecule has 1 rings (SSSR count). The molecule has 2 N–H and O–H groups in total. The summed E-state index contributed by atoms with van der Waals surface area (Å²) in [5, 5.41) is 5.82. The molecule has 0 radical (unpaired) electrons. The zero-order valence-electron chi connectivity index (χ0n) is 25.3. The zero-order chi connectivity index (χ0) is 29.4. The van der Waals surface area contributed by atoms with Crippen LogP contribution < -0.4 is 10.6 Å². The number of unbranched alkanes of at least 4 members (excludes halogenated alkanes) is 5. The Morgan fingerprint density at radius 1 is 0.974 bits per heavy atom. The van der Waals surface area contributed by atoms with Crippen LogP contribution in [0.25, 0.3) is 0 Å². The summed E-state index contributed by atoms with van der Waals surface area (Å²) in [4.78, 5) is 42.2. The number of ether oxygens (including phenoxy) is 1. The third kappa shape index (κ3) is 13.1. The first-order chi connectivity index (χ1) is 18.4. The Bertz CT molecular complexity index is 928. The predicted molar refractivity (Wildman–Crippen MR) is 158 cm³/mol.